The van der Waals surface area contributed by atoms with Crippen molar-refractivity contribution in [3.63, 3.8) is 0 Å². The molecule has 0 radical (unpaired) electrons. The number of hydrogen-bond donors (Lipinski definition) is 2. The molecule has 0 bridgehead atoms. The number of nitrogens with zero attached hydrogens (tertiary/aromatic N) is 10. The monoisotopic (exact) mass is 1150 g/mol. The van der Waals surface area contributed by atoms with Gasteiger partial charge in [-0.15, -0.1) is 0 Å². The average Bonchev–Trinajstić information content (AvgIpc) is 4.17. The maximum absolute atomic E-state index is 10.6. The molecule has 3 fully saturated rings. The quantitative estimate of drug-likeness (QED) is 0.167. The van der Waals surface area contributed by atoms with Crippen LogP contribution in [0.3, 0.4) is 0 Å². The molecule has 15 nitrogen and oxygen atoms in total. The van der Waals surface area contributed by atoms with E-state index in [1.165, 1.54) is 62.4 Å². The second-order valence-electron chi connectivity index (χ2n) is 13.5. The van der Waals surface area contributed by atoms with E-state index >= 15 is 0 Å². The molecule has 4 unspecified atom stereocenters. The molecular weight excluding hydrogens is 1050 g/mol. The first-order chi connectivity index (χ1) is 33.0. The molecule has 6 aliphatic rings. The van der Waals surface area contributed by atoms with Gasteiger partial charge in [0.25, 0.3) is 0 Å². The number of nitrogens with one attached hydrogen (secondary N) is 1. The van der Waals surface area contributed by atoms with Crippen molar-refractivity contribution in [1.29, 1.82) is 5.26 Å². The minimum atomic E-state index is 0. The Kier molecular flexibility index (Phi) is 92.7. The minimum Gasteiger partial charge on any atom is -0.392 e. The fraction of sp³-hybridized carbons (Fsp3) is 0.755. The molecule has 3 N–H and O–H groups in total. The number of anilines is 1. The molecule has 71 heavy (non-hydrogen) atoms. The van der Waals surface area contributed by atoms with Crippen LogP contribution in [0.2, 0.25) is 0 Å². The van der Waals surface area contributed by atoms with E-state index in [9.17, 15) is 9.59 Å². The molecule has 3 saturated heterocycles. The van der Waals surface area contributed by atoms with E-state index in [1.54, 1.807) is 23.2 Å². The number of rotatable bonds is 4. The summed E-state index contributed by atoms with van der Waals surface area (Å²) in [5, 5.41) is 11.4. The Morgan fingerprint density at radius 2 is 1.07 bits per heavy atom. The first-order valence-electron chi connectivity index (χ1n) is 25.5. The SMILES string of the molecule is CC.CC.CC.CC.CC.CC.CC=O.CN.CN(C=O)C1=CCN(P)CC1.CNC1=CCN(P)CC1.N#CN1CCCC1.O=C1CCN(P)CC1.PN1CCc2ncnc(N3CCCC3)c2C1.[Ar].[Ar].[Ar]. The van der Waals surface area contributed by atoms with Gasteiger partial charge in [-0.2, -0.15) is 5.26 Å². The summed E-state index contributed by atoms with van der Waals surface area (Å²) in [5.74, 6) is 1.58. The molecule has 0 aromatic carbocycles. The van der Waals surface area contributed by atoms with Crippen LogP contribution in [-0.4, -0.2) is 150 Å². The number of carbonyl (C=O) groups excluding carboxylic acids is 3. The fourth-order valence-corrected chi connectivity index (χ4v) is 7.15. The number of hydrogen-bond acceptors (Lipinski definition) is 14. The molecule has 0 aliphatic carbocycles. The molecule has 6 aliphatic heterocycles. The second-order valence-corrected chi connectivity index (χ2v) is 16.4. The normalized spacial score (nSPS) is 15.9. The van der Waals surface area contributed by atoms with Gasteiger partial charge in [0.15, 0.2) is 6.19 Å². The van der Waals surface area contributed by atoms with Crippen molar-refractivity contribution in [1.82, 2.24) is 43.8 Å². The number of piperidine rings is 1. The summed E-state index contributed by atoms with van der Waals surface area (Å²) >= 11 is 0. The van der Waals surface area contributed by atoms with Gasteiger partial charge in [0.05, 0.1) is 5.69 Å². The molecule has 1 aromatic rings. The van der Waals surface area contributed by atoms with Crippen LogP contribution in [0, 0.1) is 125 Å². The second kappa shape index (κ2) is 71.6. The van der Waals surface area contributed by atoms with Crippen LogP contribution in [0.4, 0.5) is 5.82 Å². The van der Waals surface area contributed by atoms with Crippen LogP contribution < -0.4 is 16.0 Å². The predicted octanol–water partition coefficient (Wildman–Crippen LogP) is 9.21. The number of fused-ring (bicyclic) bond motifs is 1. The van der Waals surface area contributed by atoms with Crippen LogP contribution in [0.5, 0.6) is 0 Å². The summed E-state index contributed by atoms with van der Waals surface area (Å²) in [6, 6.07) is 0. The molecule has 0 saturated carbocycles. The number of amides is 1. The molecule has 0 spiro atoms. The zero-order chi connectivity index (χ0) is 53.7. The van der Waals surface area contributed by atoms with E-state index in [2.05, 4.69) is 101 Å². The summed E-state index contributed by atoms with van der Waals surface area (Å²) in [4.78, 5) is 44.5. The van der Waals surface area contributed by atoms with E-state index in [4.69, 9.17) is 10.1 Å². The molecular formula is C49H106Ar3N12O3P4. The molecule has 7 heterocycles. The van der Waals surface area contributed by atoms with Gasteiger partial charge in [0.2, 0.25) is 6.41 Å². The average molecular weight is 1160 g/mol. The van der Waals surface area contributed by atoms with Crippen molar-refractivity contribution in [2.75, 3.05) is 98.0 Å². The number of aldehydes is 1. The van der Waals surface area contributed by atoms with Gasteiger partial charge < -0.3 is 30.5 Å². The molecule has 22 heteroatoms. The Hall–Kier alpha value is 1.56. The molecule has 1 amide bonds. The number of nitriles is 1. The van der Waals surface area contributed by atoms with Gasteiger partial charge in [0.1, 0.15) is 24.2 Å². The summed E-state index contributed by atoms with van der Waals surface area (Å²) in [6.45, 7) is 37.7. The van der Waals surface area contributed by atoms with Gasteiger partial charge in [-0.25, -0.2) is 9.97 Å². The number of aromatic nitrogens is 2. The van der Waals surface area contributed by atoms with Gasteiger partial charge in [-0.05, 0) is 46.1 Å². The van der Waals surface area contributed by atoms with Crippen LogP contribution >= 0.6 is 37.6 Å². The fourth-order valence-electron chi connectivity index (χ4n) is 6.11. The number of ketones is 1. The number of likely N-dealkylation sites (tertiary alicyclic amines) is 1. The molecule has 4 atom stereocenters. The van der Waals surface area contributed by atoms with Gasteiger partial charge >= 0.3 is 0 Å². The van der Waals surface area contributed by atoms with Gasteiger partial charge in [0, 0.05) is 248 Å². The Bertz CT molecular complexity index is 1390. The van der Waals surface area contributed by atoms with Crippen molar-refractivity contribution in [2.45, 2.75) is 154 Å². The third-order valence-electron chi connectivity index (χ3n) is 9.41. The Morgan fingerprint density at radius 3 is 1.44 bits per heavy atom. The van der Waals surface area contributed by atoms with E-state index in [-0.39, 0.29) is 113 Å². The van der Waals surface area contributed by atoms with Gasteiger partial charge in [-0.3, -0.25) is 28.3 Å². The van der Waals surface area contributed by atoms with Crippen LogP contribution in [-0.2, 0) is 27.3 Å². The minimum absolute atomic E-state index is 0. The van der Waals surface area contributed by atoms with Crippen molar-refractivity contribution < 1.29 is 128 Å². The third-order valence-corrected chi connectivity index (χ3v) is 11.3. The van der Waals surface area contributed by atoms with Crippen molar-refractivity contribution in [2.24, 2.45) is 5.73 Å². The van der Waals surface area contributed by atoms with E-state index in [0.29, 0.717) is 5.78 Å². The smallest absolute Gasteiger partial charge is 0.213 e. The summed E-state index contributed by atoms with van der Waals surface area (Å²) < 4.78 is 8.73. The van der Waals surface area contributed by atoms with Crippen LogP contribution in [0.15, 0.2) is 29.9 Å². The first kappa shape index (κ1) is 92.0. The number of nitrogens with two attached hydrogens (primary N) is 1. The van der Waals surface area contributed by atoms with E-state index < -0.39 is 0 Å². The molecule has 7 rings (SSSR count). The Balaban J connectivity index is -0.0000000906. The number of carbonyl (C=O) groups is 3. The van der Waals surface area contributed by atoms with Crippen LogP contribution in [0.25, 0.3) is 0 Å². The largest absolute Gasteiger partial charge is 0.392 e. The van der Waals surface area contributed by atoms with E-state index in [0.717, 1.165) is 129 Å². The molecule has 1 aromatic heterocycles. The summed E-state index contributed by atoms with van der Waals surface area (Å²) in [5.41, 5.74) is 9.58. The summed E-state index contributed by atoms with van der Waals surface area (Å²) in [6.07, 6.45) is 19.3. The molecule has 424 valence electrons. The topological polar surface area (TPSA) is 162 Å². The first-order valence-corrected chi connectivity index (χ1v) is 27.6. The van der Waals surface area contributed by atoms with Crippen molar-refractivity contribution >= 4 is 61.9 Å². The summed E-state index contributed by atoms with van der Waals surface area (Å²) in [7, 11) is 16.0. The van der Waals surface area contributed by atoms with Crippen LogP contribution in [0.1, 0.15) is 153 Å². The van der Waals surface area contributed by atoms with Crippen molar-refractivity contribution in [3.8, 4) is 6.19 Å². The Morgan fingerprint density at radius 1 is 0.648 bits per heavy atom. The maximum Gasteiger partial charge on any atom is 0.213 e. The predicted molar refractivity (Wildman–Crippen MR) is 310 cm³/mol. The van der Waals surface area contributed by atoms with Gasteiger partial charge in [-0.1, -0.05) is 133 Å². The standard InChI is InChI=1S/C11H17N4P.C7H13N2OP.C6H13N2P.C5H8N2.C5H10NOP.C2H4O.6C2H6.CH5N.3Ar/c16-15-6-3-10-9(7-15)11(13-8-12-10)14-4-1-2-5-14;1-8(6-10)7-2-4-9(11)5-3-7;1-7-6-2-4-8(9)5-3-6;6-5-7-3-1-2-4-7;7-5-1-3-6(8)4-2-5;1-2-3;7*1-2;;;/h8H,1-7,16H2;2,6H,3-5,11H2,1H3;2,7H,3-5,9H2,1H3;1-4H2;1-4,8H2;2H,1H3;6*1-2H3;2H2,1H3;;;. The number of Topliss-reactive ketones (excluding diaryl/α,β-unsaturated/α-hetero) is 1. The van der Waals surface area contributed by atoms with Crippen molar-refractivity contribution in [3.05, 3.63) is 41.1 Å². The van der Waals surface area contributed by atoms with E-state index in [1.807, 2.05) is 90.1 Å². The Labute approximate surface area is 537 Å². The zero-order valence-electron chi connectivity index (χ0n) is 47.4. The third kappa shape index (κ3) is 50.8. The maximum atomic E-state index is 10.6. The zero-order valence-corrected chi connectivity index (χ0v) is 54.1.